The number of rotatable bonds is 0. The van der Waals surface area contributed by atoms with Gasteiger partial charge in [0.05, 0.1) is 0 Å². The maximum absolute atomic E-state index is 2.49. The molecule has 3 rings (SSSR count). The zero-order valence-corrected chi connectivity index (χ0v) is 23.1. The molecule has 0 bridgehead atoms. The molecule has 4 atom stereocenters. The summed E-state index contributed by atoms with van der Waals surface area (Å²) in [5.41, 5.74) is 0. The third kappa shape index (κ3) is 8.23. The van der Waals surface area contributed by atoms with Crippen LogP contribution >= 0.6 is 0 Å². The van der Waals surface area contributed by atoms with Gasteiger partial charge in [0.25, 0.3) is 0 Å². The summed E-state index contributed by atoms with van der Waals surface area (Å²) in [6.45, 7) is 25.2. The molecule has 0 aromatic rings. The minimum absolute atomic E-state index is 0. The summed E-state index contributed by atoms with van der Waals surface area (Å²) < 4.78 is 0. The van der Waals surface area contributed by atoms with Crippen LogP contribution in [-0.2, 0) is 32.7 Å². The molecule has 26 heavy (non-hydrogen) atoms. The maximum atomic E-state index is 2.49. The Morgan fingerprint density at radius 1 is 0.462 bits per heavy atom. The molecule has 0 aromatic heterocycles. The van der Waals surface area contributed by atoms with E-state index in [1.165, 1.54) is 38.0 Å². The summed E-state index contributed by atoms with van der Waals surface area (Å²) in [5, 5.41) is 0. The van der Waals surface area contributed by atoms with E-state index in [2.05, 4.69) is 62.3 Å². The van der Waals surface area contributed by atoms with Crippen molar-refractivity contribution in [3.8, 4) is 0 Å². The van der Waals surface area contributed by atoms with Crippen molar-refractivity contribution in [1.29, 1.82) is 0 Å². The van der Waals surface area contributed by atoms with E-state index in [-0.39, 0.29) is 32.7 Å². The molecule has 0 heterocycles. The predicted octanol–water partition coefficient (Wildman–Crippen LogP) is 8.66. The van der Waals surface area contributed by atoms with E-state index in [4.69, 9.17) is 0 Å². The van der Waals surface area contributed by atoms with Crippen LogP contribution in [0.15, 0.2) is 0 Å². The van der Waals surface area contributed by atoms with Gasteiger partial charge in [-0.3, -0.25) is 0 Å². The van der Waals surface area contributed by atoms with Crippen molar-refractivity contribution < 1.29 is 32.7 Å². The first-order valence-corrected chi connectivity index (χ1v) is 11.5. The van der Waals surface area contributed by atoms with Crippen LogP contribution in [0.4, 0.5) is 0 Å². The molecular weight excluding hydrogens is 389 g/mol. The smallest absolute Gasteiger partial charge is 0 e. The van der Waals surface area contributed by atoms with Crippen molar-refractivity contribution in [3.05, 3.63) is 5.92 Å². The van der Waals surface area contributed by atoms with Gasteiger partial charge in [-0.25, -0.2) is 0 Å². The fourth-order valence-corrected chi connectivity index (χ4v) is 5.60. The largest absolute Gasteiger partial charge is 0.323 e. The summed E-state index contributed by atoms with van der Waals surface area (Å²) in [4.78, 5) is 0. The molecule has 3 fully saturated rings. The van der Waals surface area contributed by atoms with Gasteiger partial charge in [0.1, 0.15) is 0 Å². The van der Waals surface area contributed by atoms with Crippen LogP contribution in [0.1, 0.15) is 108 Å². The zero-order chi connectivity index (χ0) is 19.7. The minimum atomic E-state index is 0. The monoisotopic (exact) mass is 440 g/mol. The van der Waals surface area contributed by atoms with Crippen molar-refractivity contribution in [2.45, 2.75) is 108 Å². The Kier molecular flexibility index (Phi) is 16.9. The van der Waals surface area contributed by atoms with Crippen LogP contribution in [0.25, 0.3) is 0 Å². The molecule has 0 spiro atoms. The molecule has 3 aliphatic carbocycles. The Balaban J connectivity index is 0. The van der Waals surface area contributed by atoms with Crippen LogP contribution in [0.3, 0.4) is 0 Å². The molecular formula is C25H51Y-. The normalized spacial score (nSPS) is 40.2. The summed E-state index contributed by atoms with van der Waals surface area (Å²) in [5.74, 6) is 9.17. The predicted molar refractivity (Wildman–Crippen MR) is 117 cm³/mol. The van der Waals surface area contributed by atoms with Crippen molar-refractivity contribution in [2.75, 3.05) is 0 Å². The van der Waals surface area contributed by atoms with Gasteiger partial charge >= 0.3 is 0 Å². The van der Waals surface area contributed by atoms with Crippen LogP contribution in [-0.4, -0.2) is 0 Å². The van der Waals surface area contributed by atoms with Crippen molar-refractivity contribution in [2.24, 2.45) is 47.3 Å². The van der Waals surface area contributed by atoms with Gasteiger partial charge in [-0.2, -0.15) is 20.8 Å². The first kappa shape index (κ1) is 29.3. The standard InChI is InChI=1S/C14H26.C5H10.C4H9.C2H6.Y/c1-7-9(3)13-11(5)8(2)12(6)14(13)10(7)4;1-2-4-5-3-1;1-4(2)3;1-2;/h7-14H,1-6H3;1-5H2;1-3H3;1-2H3;/q;;-1;;. The molecule has 3 aliphatic rings. The minimum Gasteiger partial charge on any atom is -0.323 e. The Bertz CT molecular complexity index is 266. The number of hydrogen-bond acceptors (Lipinski definition) is 0. The molecule has 4 unspecified atom stereocenters. The quantitative estimate of drug-likeness (QED) is 0.331. The van der Waals surface area contributed by atoms with E-state index in [9.17, 15) is 0 Å². The summed E-state index contributed by atoms with van der Waals surface area (Å²) in [7, 11) is 0. The van der Waals surface area contributed by atoms with Crippen LogP contribution in [0, 0.1) is 53.3 Å². The molecule has 0 aliphatic heterocycles. The fraction of sp³-hybridized carbons (Fsp3) is 0.960. The molecule has 0 N–H and O–H groups in total. The summed E-state index contributed by atoms with van der Waals surface area (Å²) in [6.07, 6.45) is 7.50. The molecule has 0 aromatic carbocycles. The van der Waals surface area contributed by atoms with Crippen molar-refractivity contribution in [1.82, 2.24) is 0 Å². The third-order valence-electron chi connectivity index (χ3n) is 7.44. The number of fused-ring (bicyclic) bond motifs is 1. The SMILES string of the molecule is C1CCCC1.CC.CC1C(C)C2C(C)C(C)C(C)C2C1C.C[C-](C)C.[Y]. The van der Waals surface area contributed by atoms with Gasteiger partial charge in [-0.1, -0.05) is 87.5 Å². The van der Waals surface area contributed by atoms with E-state index in [0.29, 0.717) is 0 Å². The van der Waals surface area contributed by atoms with E-state index in [1.54, 1.807) is 0 Å². The van der Waals surface area contributed by atoms with Crippen molar-refractivity contribution >= 4 is 0 Å². The first-order chi connectivity index (χ1) is 11.7. The van der Waals surface area contributed by atoms with E-state index in [1.807, 2.05) is 13.8 Å². The molecule has 1 radical (unpaired) electrons. The molecule has 3 saturated carbocycles. The van der Waals surface area contributed by atoms with Gasteiger partial charge < -0.3 is 5.92 Å². The molecule has 0 saturated heterocycles. The van der Waals surface area contributed by atoms with Crippen molar-refractivity contribution in [3.63, 3.8) is 0 Å². The van der Waals surface area contributed by atoms with E-state index < -0.39 is 0 Å². The van der Waals surface area contributed by atoms with Gasteiger partial charge in [-0.15, -0.1) is 0 Å². The Hall–Kier alpha value is 1.10. The van der Waals surface area contributed by atoms with E-state index in [0.717, 1.165) is 47.3 Å². The maximum Gasteiger partial charge on any atom is 0 e. The second-order valence-electron chi connectivity index (χ2n) is 9.58. The first-order valence-electron chi connectivity index (χ1n) is 11.5. The molecule has 0 amide bonds. The Morgan fingerprint density at radius 2 is 0.615 bits per heavy atom. The van der Waals surface area contributed by atoms with Crippen LogP contribution in [0.2, 0.25) is 0 Å². The molecule has 155 valence electrons. The third-order valence-corrected chi connectivity index (χ3v) is 7.44. The van der Waals surface area contributed by atoms with Crippen LogP contribution < -0.4 is 0 Å². The summed E-state index contributed by atoms with van der Waals surface area (Å²) >= 11 is 0. The Morgan fingerprint density at radius 3 is 0.769 bits per heavy atom. The average Bonchev–Trinajstić information content (AvgIpc) is 3.26. The van der Waals surface area contributed by atoms with Gasteiger partial charge in [0.15, 0.2) is 0 Å². The Labute approximate surface area is 193 Å². The van der Waals surface area contributed by atoms with E-state index >= 15 is 0 Å². The second kappa shape index (κ2) is 15.0. The average molecular weight is 441 g/mol. The fourth-order valence-electron chi connectivity index (χ4n) is 5.60. The number of hydrogen-bond donors (Lipinski definition) is 0. The second-order valence-corrected chi connectivity index (χ2v) is 9.58. The molecule has 1 heteroatoms. The zero-order valence-electron chi connectivity index (χ0n) is 20.2. The van der Waals surface area contributed by atoms with Crippen LogP contribution in [0.5, 0.6) is 0 Å². The topological polar surface area (TPSA) is 0 Å². The van der Waals surface area contributed by atoms with Gasteiger partial charge in [0.2, 0.25) is 0 Å². The molecule has 0 nitrogen and oxygen atoms in total. The van der Waals surface area contributed by atoms with Gasteiger partial charge in [0, 0.05) is 32.7 Å². The summed E-state index contributed by atoms with van der Waals surface area (Å²) in [6, 6.07) is 0. The van der Waals surface area contributed by atoms with Gasteiger partial charge in [-0.05, 0) is 47.3 Å².